The number of oxazole rings is 1. The van der Waals surface area contributed by atoms with E-state index in [2.05, 4.69) is 10.3 Å². The molecule has 1 N–H and O–H groups in total. The number of carbonyl (C=O) groups excluding carboxylic acids is 1. The summed E-state index contributed by atoms with van der Waals surface area (Å²) in [6.07, 6.45) is 0.739. The van der Waals surface area contributed by atoms with Gasteiger partial charge in [0, 0.05) is 23.9 Å². The van der Waals surface area contributed by atoms with E-state index in [1.54, 1.807) is 29.6 Å². The third-order valence-corrected chi connectivity index (χ3v) is 5.01. The fraction of sp³-hybridized carbons (Fsp3) is 0.150. The van der Waals surface area contributed by atoms with Crippen molar-refractivity contribution in [2.24, 2.45) is 0 Å². The first-order valence-electron chi connectivity index (χ1n) is 8.70. The average molecular weight is 397 g/mol. The number of anilines is 1. The summed E-state index contributed by atoms with van der Waals surface area (Å²) in [5.74, 6) is -0.914. The fourth-order valence-electron chi connectivity index (χ4n) is 2.89. The molecule has 0 radical (unpaired) electrons. The van der Waals surface area contributed by atoms with Crippen molar-refractivity contribution in [2.75, 3.05) is 5.32 Å². The van der Waals surface area contributed by atoms with Gasteiger partial charge >= 0.3 is 5.76 Å². The predicted molar refractivity (Wildman–Crippen MR) is 106 cm³/mol. The molecule has 142 valence electrons. The molecule has 8 heteroatoms. The van der Waals surface area contributed by atoms with Crippen molar-refractivity contribution in [3.8, 4) is 11.3 Å². The number of rotatable bonds is 6. The maximum absolute atomic E-state index is 13.0. The number of benzene rings is 2. The zero-order chi connectivity index (χ0) is 19.5. The molecule has 0 aliphatic carbocycles. The van der Waals surface area contributed by atoms with Gasteiger partial charge in [0.05, 0.1) is 11.2 Å². The van der Waals surface area contributed by atoms with Gasteiger partial charge in [-0.3, -0.25) is 9.36 Å². The molecule has 1 amide bonds. The third-order valence-electron chi connectivity index (χ3n) is 4.25. The molecule has 2 heterocycles. The molecule has 0 unspecified atom stereocenters. The quantitative estimate of drug-likeness (QED) is 0.527. The van der Waals surface area contributed by atoms with Crippen LogP contribution in [0.4, 0.5) is 9.52 Å². The topological polar surface area (TPSA) is 77.1 Å². The summed E-state index contributed by atoms with van der Waals surface area (Å²) in [6, 6.07) is 13.2. The number of para-hydroxylation sites is 2. The molecule has 0 bridgehead atoms. The number of fused-ring (bicyclic) bond motifs is 1. The van der Waals surface area contributed by atoms with Gasteiger partial charge in [-0.1, -0.05) is 12.1 Å². The minimum absolute atomic E-state index is 0.180. The second-order valence-electron chi connectivity index (χ2n) is 6.18. The van der Waals surface area contributed by atoms with Crippen LogP contribution in [-0.4, -0.2) is 15.5 Å². The largest absolute Gasteiger partial charge is 0.419 e. The number of halogens is 1. The molecule has 0 aliphatic rings. The lowest BCUT2D eigenvalue weighted by Gasteiger charge is -2.03. The standard InChI is InChI=1S/C20H16FN3O3S/c21-14-9-7-13(8-10-14)15-12-28-19(22-15)23-18(25)6-3-11-24-16-4-1-2-5-17(16)27-20(24)26/h1-2,4-5,7-10,12H,3,6,11H2,(H,22,23,25). The van der Waals surface area contributed by atoms with Gasteiger partial charge in [0.1, 0.15) is 5.82 Å². The van der Waals surface area contributed by atoms with E-state index in [9.17, 15) is 14.0 Å². The lowest BCUT2D eigenvalue weighted by atomic mass is 10.2. The lowest BCUT2D eigenvalue weighted by molar-refractivity contribution is -0.116. The monoisotopic (exact) mass is 397 g/mol. The van der Waals surface area contributed by atoms with Gasteiger partial charge < -0.3 is 9.73 Å². The molecule has 4 aromatic rings. The smallest absolute Gasteiger partial charge is 0.408 e. The Morgan fingerprint density at radius 1 is 1.18 bits per heavy atom. The second kappa shape index (κ2) is 7.77. The van der Waals surface area contributed by atoms with Crippen LogP contribution in [0, 0.1) is 5.82 Å². The number of nitrogens with zero attached hydrogens (tertiary/aromatic N) is 2. The van der Waals surface area contributed by atoms with Gasteiger partial charge in [-0.05, 0) is 42.8 Å². The minimum Gasteiger partial charge on any atom is -0.408 e. The molecule has 0 atom stereocenters. The molecule has 0 fully saturated rings. The number of hydrogen-bond donors (Lipinski definition) is 1. The normalized spacial score (nSPS) is 11.0. The van der Waals surface area contributed by atoms with Gasteiger partial charge in [0.15, 0.2) is 10.7 Å². The molecule has 28 heavy (non-hydrogen) atoms. The van der Waals surface area contributed by atoms with Gasteiger partial charge in [-0.25, -0.2) is 14.2 Å². The van der Waals surface area contributed by atoms with Gasteiger partial charge in [-0.2, -0.15) is 0 Å². The molecule has 4 rings (SSSR count). The highest BCUT2D eigenvalue weighted by Gasteiger charge is 2.11. The predicted octanol–water partition coefficient (Wildman–Crippen LogP) is 4.28. The average Bonchev–Trinajstić information content (AvgIpc) is 3.27. The number of aryl methyl sites for hydroxylation is 1. The Hall–Kier alpha value is -3.26. The maximum atomic E-state index is 13.0. The van der Waals surface area contributed by atoms with Crippen LogP contribution in [0.1, 0.15) is 12.8 Å². The van der Waals surface area contributed by atoms with Crippen LogP contribution in [-0.2, 0) is 11.3 Å². The molecular weight excluding hydrogens is 381 g/mol. The first-order chi connectivity index (χ1) is 13.6. The number of hydrogen-bond acceptors (Lipinski definition) is 5. The van der Waals surface area contributed by atoms with Crippen LogP contribution < -0.4 is 11.1 Å². The van der Waals surface area contributed by atoms with Crippen LogP contribution in [0.3, 0.4) is 0 Å². The van der Waals surface area contributed by atoms with E-state index in [1.165, 1.54) is 28.0 Å². The first kappa shape index (κ1) is 18.1. The summed E-state index contributed by atoms with van der Waals surface area (Å²) in [4.78, 5) is 28.5. The van der Waals surface area contributed by atoms with E-state index in [0.29, 0.717) is 29.4 Å². The molecule has 0 saturated heterocycles. The SMILES string of the molecule is O=C(CCCn1c(=O)oc2ccccc21)Nc1nc(-c2ccc(F)cc2)cs1. The third kappa shape index (κ3) is 3.86. The number of nitrogens with one attached hydrogen (secondary N) is 1. The highest BCUT2D eigenvalue weighted by atomic mass is 32.1. The van der Waals surface area contributed by atoms with E-state index >= 15 is 0 Å². The zero-order valence-corrected chi connectivity index (χ0v) is 15.5. The van der Waals surface area contributed by atoms with Crippen LogP contribution in [0.2, 0.25) is 0 Å². The number of thiazole rings is 1. The Morgan fingerprint density at radius 2 is 1.96 bits per heavy atom. The van der Waals surface area contributed by atoms with Gasteiger partial charge in [-0.15, -0.1) is 11.3 Å². The van der Waals surface area contributed by atoms with Crippen molar-refractivity contribution < 1.29 is 13.6 Å². The second-order valence-corrected chi connectivity index (χ2v) is 7.04. The van der Waals surface area contributed by atoms with E-state index in [4.69, 9.17) is 4.42 Å². The zero-order valence-electron chi connectivity index (χ0n) is 14.7. The Balaban J connectivity index is 1.34. The summed E-state index contributed by atoms with van der Waals surface area (Å²) in [5, 5.41) is 5.05. The van der Waals surface area contributed by atoms with E-state index in [1.807, 2.05) is 12.1 Å². The Bertz CT molecular complexity index is 1180. The molecule has 0 saturated carbocycles. The summed E-state index contributed by atoms with van der Waals surface area (Å²) in [5.41, 5.74) is 2.71. The van der Waals surface area contributed by atoms with Crippen molar-refractivity contribution in [3.05, 3.63) is 70.3 Å². The molecule has 2 aromatic carbocycles. The van der Waals surface area contributed by atoms with Crippen molar-refractivity contribution in [2.45, 2.75) is 19.4 Å². The summed E-state index contributed by atoms with van der Waals surface area (Å²) in [6.45, 7) is 0.391. The number of amides is 1. The molecule has 0 aliphatic heterocycles. The highest BCUT2D eigenvalue weighted by Crippen LogP contribution is 2.25. The molecule has 6 nitrogen and oxygen atoms in total. The Labute approximate surface area is 163 Å². The maximum Gasteiger partial charge on any atom is 0.419 e. The van der Waals surface area contributed by atoms with Crippen LogP contribution in [0.5, 0.6) is 0 Å². The van der Waals surface area contributed by atoms with Crippen LogP contribution >= 0.6 is 11.3 Å². The van der Waals surface area contributed by atoms with E-state index < -0.39 is 5.76 Å². The van der Waals surface area contributed by atoms with Crippen LogP contribution in [0.15, 0.2) is 63.1 Å². The lowest BCUT2D eigenvalue weighted by Crippen LogP contribution is -2.17. The van der Waals surface area contributed by atoms with Crippen LogP contribution in [0.25, 0.3) is 22.4 Å². The van der Waals surface area contributed by atoms with Crippen molar-refractivity contribution in [1.29, 1.82) is 0 Å². The van der Waals surface area contributed by atoms with E-state index in [0.717, 1.165) is 11.1 Å². The Kier molecular flexibility index (Phi) is 5.03. The van der Waals surface area contributed by atoms with Gasteiger partial charge in [0.25, 0.3) is 0 Å². The first-order valence-corrected chi connectivity index (χ1v) is 9.58. The highest BCUT2D eigenvalue weighted by molar-refractivity contribution is 7.14. The summed E-state index contributed by atoms with van der Waals surface area (Å²) in [7, 11) is 0. The molecule has 2 aromatic heterocycles. The van der Waals surface area contributed by atoms with E-state index in [-0.39, 0.29) is 18.1 Å². The van der Waals surface area contributed by atoms with Crippen molar-refractivity contribution in [1.82, 2.24) is 9.55 Å². The summed E-state index contributed by atoms with van der Waals surface area (Å²) >= 11 is 1.31. The summed E-state index contributed by atoms with van der Waals surface area (Å²) < 4.78 is 19.7. The number of aromatic nitrogens is 2. The van der Waals surface area contributed by atoms with Gasteiger partial charge in [0.2, 0.25) is 5.91 Å². The molecular formula is C20H16FN3O3S. The Morgan fingerprint density at radius 3 is 2.79 bits per heavy atom. The van der Waals surface area contributed by atoms with Crippen molar-refractivity contribution in [3.63, 3.8) is 0 Å². The molecule has 0 spiro atoms. The van der Waals surface area contributed by atoms with Crippen molar-refractivity contribution >= 4 is 33.5 Å². The number of carbonyl (C=O) groups is 1. The fourth-order valence-corrected chi connectivity index (χ4v) is 3.63. The minimum atomic E-state index is -0.425.